The zero-order chi connectivity index (χ0) is 13.2. The molecule has 0 bridgehead atoms. The summed E-state index contributed by atoms with van der Waals surface area (Å²) in [7, 11) is 0. The van der Waals surface area contributed by atoms with Crippen LogP contribution in [0.25, 0.3) is 0 Å². The number of amides is 1. The highest BCUT2D eigenvalue weighted by atomic mass is 35.5. The van der Waals surface area contributed by atoms with Gasteiger partial charge in [0.2, 0.25) is 12.7 Å². The second-order valence-corrected chi connectivity index (χ2v) is 5.09. The third-order valence-electron chi connectivity index (χ3n) is 3.94. The molecule has 1 aromatic carbocycles. The van der Waals surface area contributed by atoms with Crippen molar-refractivity contribution in [2.75, 3.05) is 18.7 Å². The first-order valence-corrected chi connectivity index (χ1v) is 6.68. The molecular formula is C14H19ClN2O3. The van der Waals surface area contributed by atoms with Crippen molar-refractivity contribution in [1.29, 1.82) is 0 Å². The molecule has 0 spiro atoms. The summed E-state index contributed by atoms with van der Waals surface area (Å²) >= 11 is 0. The number of anilines is 1. The molecule has 1 aliphatic heterocycles. The van der Waals surface area contributed by atoms with Crippen molar-refractivity contribution in [2.45, 2.75) is 19.3 Å². The standard InChI is InChI=1S/C14H18N2O3.ClH/c15-7-9-2-1-3-11(9)14(17)16-10-4-5-12-13(6-10)19-8-18-12;/h4-6,9,11H,1-3,7-8,15H2,(H,16,17);1H/t9-,11-;/m1./s1. The van der Waals surface area contributed by atoms with Crippen LogP contribution in [-0.2, 0) is 4.79 Å². The molecule has 3 N–H and O–H groups in total. The lowest BCUT2D eigenvalue weighted by Gasteiger charge is -2.17. The third kappa shape index (κ3) is 2.83. The van der Waals surface area contributed by atoms with Crippen molar-refractivity contribution in [2.24, 2.45) is 17.6 Å². The fourth-order valence-electron chi connectivity index (χ4n) is 2.87. The molecule has 0 radical (unpaired) electrons. The normalized spacial score (nSPS) is 23.2. The molecule has 1 heterocycles. The summed E-state index contributed by atoms with van der Waals surface area (Å²) in [5, 5.41) is 2.95. The highest BCUT2D eigenvalue weighted by molar-refractivity contribution is 5.93. The van der Waals surface area contributed by atoms with Gasteiger partial charge in [-0.25, -0.2) is 0 Å². The minimum absolute atomic E-state index is 0. The zero-order valence-electron chi connectivity index (χ0n) is 11.1. The van der Waals surface area contributed by atoms with E-state index in [0.29, 0.717) is 18.2 Å². The number of halogens is 1. The van der Waals surface area contributed by atoms with E-state index in [1.165, 1.54) is 0 Å². The maximum atomic E-state index is 12.2. The van der Waals surface area contributed by atoms with Gasteiger partial charge in [0, 0.05) is 17.7 Å². The van der Waals surface area contributed by atoms with Crippen molar-refractivity contribution in [3.63, 3.8) is 0 Å². The molecule has 2 aliphatic rings. The van der Waals surface area contributed by atoms with E-state index in [4.69, 9.17) is 15.2 Å². The molecular weight excluding hydrogens is 280 g/mol. The second-order valence-electron chi connectivity index (χ2n) is 5.09. The van der Waals surface area contributed by atoms with Gasteiger partial charge in [-0.3, -0.25) is 4.79 Å². The number of ether oxygens (including phenoxy) is 2. The predicted octanol–water partition coefficient (Wildman–Crippen LogP) is 2.15. The third-order valence-corrected chi connectivity index (χ3v) is 3.94. The molecule has 3 rings (SSSR count). The van der Waals surface area contributed by atoms with Crippen molar-refractivity contribution in [1.82, 2.24) is 0 Å². The van der Waals surface area contributed by atoms with E-state index in [-0.39, 0.29) is 31.0 Å². The molecule has 1 aromatic rings. The number of carbonyl (C=O) groups is 1. The van der Waals surface area contributed by atoms with Crippen LogP contribution in [0.3, 0.4) is 0 Å². The van der Waals surface area contributed by atoms with E-state index in [1.807, 2.05) is 12.1 Å². The van der Waals surface area contributed by atoms with E-state index < -0.39 is 0 Å². The molecule has 5 nitrogen and oxygen atoms in total. The van der Waals surface area contributed by atoms with Gasteiger partial charge < -0.3 is 20.5 Å². The largest absolute Gasteiger partial charge is 0.454 e. The Hall–Kier alpha value is -1.46. The molecule has 0 aromatic heterocycles. The van der Waals surface area contributed by atoms with E-state index >= 15 is 0 Å². The van der Waals surface area contributed by atoms with Crippen LogP contribution >= 0.6 is 12.4 Å². The molecule has 0 unspecified atom stereocenters. The quantitative estimate of drug-likeness (QED) is 0.897. The Morgan fingerprint density at radius 2 is 2.10 bits per heavy atom. The average molecular weight is 299 g/mol. The molecule has 2 atom stereocenters. The van der Waals surface area contributed by atoms with Crippen molar-refractivity contribution in [3.8, 4) is 11.5 Å². The van der Waals surface area contributed by atoms with E-state index in [2.05, 4.69) is 5.32 Å². The highest BCUT2D eigenvalue weighted by Crippen LogP contribution is 2.35. The monoisotopic (exact) mass is 298 g/mol. The fraction of sp³-hybridized carbons (Fsp3) is 0.500. The van der Waals surface area contributed by atoms with Crippen LogP contribution in [0.5, 0.6) is 11.5 Å². The number of fused-ring (bicyclic) bond motifs is 1. The average Bonchev–Trinajstić information content (AvgIpc) is 3.06. The van der Waals surface area contributed by atoms with Crippen LogP contribution in [0.4, 0.5) is 5.69 Å². The SMILES string of the molecule is Cl.NC[C@H]1CCC[C@H]1C(=O)Nc1ccc2c(c1)OCO2. The van der Waals surface area contributed by atoms with Gasteiger partial charge in [-0.05, 0) is 37.4 Å². The van der Waals surface area contributed by atoms with Crippen LogP contribution in [0.1, 0.15) is 19.3 Å². The lowest BCUT2D eigenvalue weighted by Crippen LogP contribution is -2.29. The van der Waals surface area contributed by atoms with Crippen molar-refractivity contribution >= 4 is 24.0 Å². The summed E-state index contributed by atoms with van der Waals surface area (Å²) in [6.45, 7) is 0.823. The van der Waals surface area contributed by atoms with Gasteiger partial charge in [-0.2, -0.15) is 0 Å². The number of hydrogen-bond acceptors (Lipinski definition) is 4. The first-order valence-electron chi connectivity index (χ1n) is 6.68. The molecule has 1 saturated carbocycles. The van der Waals surface area contributed by atoms with Crippen LogP contribution in [0.15, 0.2) is 18.2 Å². The lowest BCUT2D eigenvalue weighted by molar-refractivity contribution is -0.120. The summed E-state index contributed by atoms with van der Waals surface area (Å²) in [5.74, 6) is 1.81. The first-order chi connectivity index (χ1) is 9.28. The number of nitrogens with one attached hydrogen (secondary N) is 1. The van der Waals surface area contributed by atoms with Crippen molar-refractivity contribution < 1.29 is 14.3 Å². The van der Waals surface area contributed by atoms with Crippen molar-refractivity contribution in [3.05, 3.63) is 18.2 Å². The van der Waals surface area contributed by atoms with Crippen LogP contribution in [-0.4, -0.2) is 19.2 Å². The zero-order valence-corrected chi connectivity index (χ0v) is 11.9. The smallest absolute Gasteiger partial charge is 0.231 e. The minimum atomic E-state index is 0. The highest BCUT2D eigenvalue weighted by Gasteiger charge is 2.32. The van der Waals surface area contributed by atoms with Gasteiger partial charge in [0.15, 0.2) is 11.5 Å². The Labute approximate surface area is 124 Å². The molecule has 1 amide bonds. The molecule has 6 heteroatoms. The summed E-state index contributed by atoms with van der Waals surface area (Å²) in [5.41, 5.74) is 6.46. The Bertz CT molecular complexity index is 495. The Kier molecular flexibility index (Phi) is 4.73. The summed E-state index contributed by atoms with van der Waals surface area (Å²) in [6.07, 6.45) is 3.06. The van der Waals surface area contributed by atoms with Gasteiger partial charge >= 0.3 is 0 Å². The van der Waals surface area contributed by atoms with Crippen LogP contribution in [0.2, 0.25) is 0 Å². The predicted molar refractivity (Wildman–Crippen MR) is 78.3 cm³/mol. The molecule has 20 heavy (non-hydrogen) atoms. The number of nitrogens with two attached hydrogens (primary N) is 1. The van der Waals surface area contributed by atoms with Gasteiger partial charge in [-0.1, -0.05) is 6.42 Å². The number of carbonyl (C=O) groups excluding carboxylic acids is 1. The Morgan fingerprint density at radius 1 is 1.30 bits per heavy atom. The summed E-state index contributed by atoms with van der Waals surface area (Å²) in [4.78, 5) is 12.2. The topological polar surface area (TPSA) is 73.6 Å². The van der Waals surface area contributed by atoms with E-state index in [0.717, 1.165) is 30.7 Å². The molecule has 0 saturated heterocycles. The molecule has 1 aliphatic carbocycles. The van der Waals surface area contributed by atoms with Crippen LogP contribution < -0.4 is 20.5 Å². The number of rotatable bonds is 3. The Balaban J connectivity index is 0.00000147. The van der Waals surface area contributed by atoms with Gasteiger partial charge in [0.1, 0.15) is 0 Å². The minimum Gasteiger partial charge on any atom is -0.454 e. The summed E-state index contributed by atoms with van der Waals surface area (Å²) < 4.78 is 10.5. The second kappa shape index (κ2) is 6.33. The van der Waals surface area contributed by atoms with Gasteiger partial charge in [0.25, 0.3) is 0 Å². The maximum absolute atomic E-state index is 12.2. The maximum Gasteiger partial charge on any atom is 0.231 e. The van der Waals surface area contributed by atoms with Gasteiger partial charge in [0.05, 0.1) is 0 Å². The van der Waals surface area contributed by atoms with Gasteiger partial charge in [-0.15, -0.1) is 12.4 Å². The summed E-state index contributed by atoms with van der Waals surface area (Å²) in [6, 6.07) is 5.44. The fourth-order valence-corrected chi connectivity index (χ4v) is 2.87. The Morgan fingerprint density at radius 3 is 2.90 bits per heavy atom. The van der Waals surface area contributed by atoms with Crippen LogP contribution in [0, 0.1) is 11.8 Å². The lowest BCUT2D eigenvalue weighted by atomic mass is 9.95. The molecule has 1 fully saturated rings. The van der Waals surface area contributed by atoms with E-state index in [1.54, 1.807) is 6.07 Å². The first kappa shape index (κ1) is 14.9. The molecule has 110 valence electrons. The van der Waals surface area contributed by atoms with E-state index in [9.17, 15) is 4.79 Å². The number of hydrogen-bond donors (Lipinski definition) is 2. The number of benzene rings is 1.